The Balaban J connectivity index is 2.45. The van der Waals surface area contributed by atoms with Crippen molar-refractivity contribution >= 4 is 39.1 Å². The van der Waals surface area contributed by atoms with E-state index in [1.54, 1.807) is 4.08 Å². The number of aliphatic hydroxyl groups is 1. The number of Topliss-reactive ketones (excluding diaryl/α,β-unsaturated/α-hetero) is 1. The summed E-state index contributed by atoms with van der Waals surface area (Å²) >= 11 is 1.98. The molecule has 2 rings (SSSR count). The van der Waals surface area contributed by atoms with E-state index in [9.17, 15) is 9.90 Å². The summed E-state index contributed by atoms with van der Waals surface area (Å²) in [6, 6.07) is 13.7. The van der Waals surface area contributed by atoms with Crippen LogP contribution in [-0.2, 0) is 4.79 Å². The summed E-state index contributed by atoms with van der Waals surface area (Å²) in [6.45, 7) is 1.47. The van der Waals surface area contributed by atoms with Gasteiger partial charge in [0.25, 0.3) is 0 Å². The average Bonchev–Trinajstić information content (AvgIpc) is 2.38. The molecule has 0 spiro atoms. The van der Waals surface area contributed by atoms with Gasteiger partial charge in [-0.15, -0.1) is 0 Å². The van der Waals surface area contributed by atoms with E-state index >= 15 is 0 Å². The Labute approximate surface area is 119 Å². The summed E-state index contributed by atoms with van der Waals surface area (Å²) in [4.78, 5) is 11.4. The molecule has 0 saturated heterocycles. The number of aliphatic hydroxyl groups excluding tert-OH is 1. The number of carbonyl (C=O) groups excluding carboxylic acids is 1. The minimum atomic E-state index is -0.857. The van der Waals surface area contributed by atoms with Crippen LogP contribution in [0.1, 0.15) is 18.6 Å². The standard InChI is InChI=1S/C15H13IO2/c1-10(17)14(9-16)15(18)13-7-6-11-4-2-3-5-12(11)8-13/h2-9,15,18H,1H3/b14-9+. The second kappa shape index (κ2) is 5.63. The van der Waals surface area contributed by atoms with E-state index in [0.29, 0.717) is 5.57 Å². The predicted octanol–water partition coefficient (Wildman–Crippen LogP) is 3.78. The smallest absolute Gasteiger partial charge is 0.159 e. The fourth-order valence-electron chi connectivity index (χ4n) is 1.89. The lowest BCUT2D eigenvalue weighted by Crippen LogP contribution is -2.08. The van der Waals surface area contributed by atoms with E-state index in [1.165, 1.54) is 6.92 Å². The Bertz CT molecular complexity index is 617. The Morgan fingerprint density at radius 2 is 1.89 bits per heavy atom. The lowest BCUT2D eigenvalue weighted by molar-refractivity contribution is -0.114. The molecule has 0 radical (unpaired) electrons. The fourth-order valence-corrected chi connectivity index (χ4v) is 2.67. The van der Waals surface area contributed by atoms with Crippen LogP contribution in [0.5, 0.6) is 0 Å². The van der Waals surface area contributed by atoms with Crippen molar-refractivity contribution in [2.24, 2.45) is 0 Å². The Kier molecular flexibility index (Phi) is 4.14. The third-order valence-electron chi connectivity index (χ3n) is 2.91. The molecule has 18 heavy (non-hydrogen) atoms. The maximum atomic E-state index is 11.4. The summed E-state index contributed by atoms with van der Waals surface area (Å²) in [5, 5.41) is 12.4. The third-order valence-corrected chi connectivity index (χ3v) is 3.58. The number of hydrogen-bond acceptors (Lipinski definition) is 2. The van der Waals surface area contributed by atoms with Crippen molar-refractivity contribution in [3.05, 3.63) is 57.7 Å². The largest absolute Gasteiger partial charge is 0.384 e. The molecule has 92 valence electrons. The Hall–Kier alpha value is -1.20. The highest BCUT2D eigenvalue weighted by molar-refractivity contribution is 14.1. The maximum Gasteiger partial charge on any atom is 0.159 e. The van der Waals surface area contributed by atoms with Crippen molar-refractivity contribution in [1.29, 1.82) is 0 Å². The van der Waals surface area contributed by atoms with Crippen molar-refractivity contribution in [2.75, 3.05) is 0 Å². The SMILES string of the molecule is CC(=O)/C(=C\I)C(O)c1ccc2ccccc2c1. The van der Waals surface area contributed by atoms with Gasteiger partial charge in [-0.2, -0.15) is 0 Å². The quantitative estimate of drug-likeness (QED) is 0.674. The van der Waals surface area contributed by atoms with Crippen LogP contribution in [-0.4, -0.2) is 10.9 Å². The molecule has 0 aliphatic rings. The minimum absolute atomic E-state index is 0.106. The summed E-state index contributed by atoms with van der Waals surface area (Å²) in [6.07, 6.45) is -0.857. The lowest BCUT2D eigenvalue weighted by Gasteiger charge is -2.13. The van der Waals surface area contributed by atoms with Crippen molar-refractivity contribution in [3.63, 3.8) is 0 Å². The van der Waals surface area contributed by atoms with Crippen LogP contribution in [0, 0.1) is 0 Å². The van der Waals surface area contributed by atoms with Gasteiger partial charge in [0.15, 0.2) is 5.78 Å². The number of carbonyl (C=O) groups is 1. The molecule has 2 nitrogen and oxygen atoms in total. The van der Waals surface area contributed by atoms with Gasteiger partial charge in [-0.05, 0) is 33.4 Å². The molecule has 3 heteroatoms. The van der Waals surface area contributed by atoms with Crippen LogP contribution in [0.25, 0.3) is 10.8 Å². The number of halogens is 1. The molecule has 0 heterocycles. The van der Waals surface area contributed by atoms with E-state index < -0.39 is 6.10 Å². The monoisotopic (exact) mass is 352 g/mol. The molecule has 1 atom stereocenters. The fraction of sp³-hybridized carbons (Fsp3) is 0.133. The molecule has 0 saturated carbocycles. The van der Waals surface area contributed by atoms with Gasteiger partial charge in [0.1, 0.15) is 6.10 Å². The van der Waals surface area contributed by atoms with E-state index in [0.717, 1.165) is 16.3 Å². The zero-order chi connectivity index (χ0) is 13.1. The van der Waals surface area contributed by atoms with E-state index in [1.807, 2.05) is 65.1 Å². The first-order chi connectivity index (χ1) is 8.63. The molecule has 2 aromatic carbocycles. The van der Waals surface area contributed by atoms with Gasteiger partial charge in [-0.1, -0.05) is 59.0 Å². The average molecular weight is 352 g/mol. The predicted molar refractivity (Wildman–Crippen MR) is 81.7 cm³/mol. The molecule has 0 fully saturated rings. The first kappa shape index (κ1) is 13.2. The third kappa shape index (κ3) is 2.62. The maximum absolute atomic E-state index is 11.4. The van der Waals surface area contributed by atoms with Crippen molar-refractivity contribution in [1.82, 2.24) is 0 Å². The number of rotatable bonds is 3. The van der Waals surface area contributed by atoms with Crippen LogP contribution in [0.4, 0.5) is 0 Å². The minimum Gasteiger partial charge on any atom is -0.384 e. The zero-order valence-corrected chi connectivity index (χ0v) is 12.1. The van der Waals surface area contributed by atoms with Crippen molar-refractivity contribution in [2.45, 2.75) is 13.0 Å². The van der Waals surface area contributed by atoms with Gasteiger partial charge in [0, 0.05) is 5.57 Å². The molecule has 0 bridgehead atoms. The van der Waals surface area contributed by atoms with Gasteiger partial charge < -0.3 is 5.11 Å². The molecule has 2 aromatic rings. The van der Waals surface area contributed by atoms with Gasteiger partial charge in [0.2, 0.25) is 0 Å². The number of hydrogen-bond donors (Lipinski definition) is 1. The summed E-state index contributed by atoms with van der Waals surface area (Å²) < 4.78 is 1.64. The molecular formula is C15H13IO2. The van der Waals surface area contributed by atoms with Crippen LogP contribution < -0.4 is 0 Å². The van der Waals surface area contributed by atoms with Crippen molar-refractivity contribution in [3.8, 4) is 0 Å². The number of fused-ring (bicyclic) bond motifs is 1. The molecule has 0 aromatic heterocycles. The lowest BCUT2D eigenvalue weighted by atomic mass is 9.98. The molecule has 0 aliphatic heterocycles. The Morgan fingerprint density at radius 3 is 2.50 bits per heavy atom. The summed E-state index contributed by atoms with van der Waals surface area (Å²) in [5.41, 5.74) is 1.16. The van der Waals surface area contributed by atoms with Crippen LogP contribution in [0.3, 0.4) is 0 Å². The second-order valence-electron chi connectivity index (χ2n) is 4.13. The van der Waals surface area contributed by atoms with Crippen LogP contribution in [0.15, 0.2) is 52.1 Å². The summed E-state index contributed by atoms with van der Waals surface area (Å²) in [7, 11) is 0. The number of benzene rings is 2. The van der Waals surface area contributed by atoms with E-state index in [-0.39, 0.29) is 5.78 Å². The van der Waals surface area contributed by atoms with Crippen LogP contribution in [0.2, 0.25) is 0 Å². The second-order valence-corrected chi connectivity index (χ2v) is 4.75. The molecule has 0 aliphatic carbocycles. The molecule has 1 N–H and O–H groups in total. The molecule has 1 unspecified atom stereocenters. The highest BCUT2D eigenvalue weighted by atomic mass is 127. The number of ketones is 1. The first-order valence-electron chi connectivity index (χ1n) is 5.61. The van der Waals surface area contributed by atoms with Gasteiger partial charge in [0.05, 0.1) is 0 Å². The van der Waals surface area contributed by atoms with Crippen molar-refractivity contribution < 1.29 is 9.90 Å². The van der Waals surface area contributed by atoms with Crippen LogP contribution >= 0.6 is 22.6 Å². The first-order valence-corrected chi connectivity index (χ1v) is 6.86. The van der Waals surface area contributed by atoms with E-state index in [4.69, 9.17) is 0 Å². The highest BCUT2D eigenvalue weighted by Gasteiger charge is 2.16. The molecule has 0 amide bonds. The van der Waals surface area contributed by atoms with Gasteiger partial charge >= 0.3 is 0 Å². The van der Waals surface area contributed by atoms with Gasteiger partial charge in [-0.25, -0.2) is 0 Å². The zero-order valence-electron chi connectivity index (χ0n) is 9.93. The van der Waals surface area contributed by atoms with Gasteiger partial charge in [-0.3, -0.25) is 4.79 Å². The topological polar surface area (TPSA) is 37.3 Å². The highest BCUT2D eigenvalue weighted by Crippen LogP contribution is 2.26. The molecular weight excluding hydrogens is 339 g/mol. The van der Waals surface area contributed by atoms with E-state index in [2.05, 4.69) is 0 Å². The normalized spacial score (nSPS) is 13.6. The Morgan fingerprint density at radius 1 is 1.22 bits per heavy atom. The summed E-state index contributed by atoms with van der Waals surface area (Å²) in [5.74, 6) is -0.106.